The Bertz CT molecular complexity index is 1140. The largest absolute Gasteiger partial charge is 0.340 e. The zero-order valence-electron chi connectivity index (χ0n) is 16.3. The number of anilines is 1. The van der Waals surface area contributed by atoms with Crippen LogP contribution in [0.15, 0.2) is 18.2 Å². The zero-order chi connectivity index (χ0) is 21.6. The molecule has 4 rings (SSSR count). The van der Waals surface area contributed by atoms with Gasteiger partial charge < -0.3 is 15.2 Å². The smallest absolute Gasteiger partial charge is 0.293 e. The Labute approximate surface area is 177 Å². The van der Waals surface area contributed by atoms with Gasteiger partial charge in [0.15, 0.2) is 0 Å². The summed E-state index contributed by atoms with van der Waals surface area (Å²) >= 11 is 5.78. The minimum atomic E-state index is -0.758. The first-order valence-corrected chi connectivity index (χ1v) is 9.97. The summed E-state index contributed by atoms with van der Waals surface area (Å²) in [5.74, 6) is 0.0281. The third-order valence-electron chi connectivity index (χ3n) is 5.61. The maximum atomic E-state index is 13.4. The van der Waals surface area contributed by atoms with Crippen molar-refractivity contribution in [2.45, 2.75) is 44.7 Å². The van der Waals surface area contributed by atoms with Crippen LogP contribution in [-0.4, -0.2) is 27.7 Å². The lowest BCUT2D eigenvalue weighted by Gasteiger charge is -2.10. The lowest BCUT2D eigenvalue weighted by Crippen LogP contribution is -2.40. The number of Topliss-reactive ketones (excluding diaryl/α,β-unsaturated/α-hetero) is 1. The van der Waals surface area contributed by atoms with Crippen LogP contribution in [0.3, 0.4) is 0 Å². The van der Waals surface area contributed by atoms with Gasteiger partial charge in [-0.1, -0.05) is 17.5 Å². The molecule has 0 bridgehead atoms. The summed E-state index contributed by atoms with van der Waals surface area (Å²) in [5.41, 5.74) is 1.25. The fourth-order valence-electron chi connectivity index (χ4n) is 3.89. The van der Waals surface area contributed by atoms with Crippen LogP contribution in [-0.2, 0) is 17.8 Å². The van der Waals surface area contributed by atoms with Crippen molar-refractivity contribution in [1.82, 2.24) is 9.88 Å². The number of nitrogens with zero attached hydrogens (tertiary/aromatic N) is 1. The second-order valence-electron chi connectivity index (χ2n) is 7.64. The summed E-state index contributed by atoms with van der Waals surface area (Å²) in [6.45, 7) is 2.21. The first-order chi connectivity index (χ1) is 14.3. The fourth-order valence-corrected chi connectivity index (χ4v) is 4.08. The average Bonchev–Trinajstić information content (AvgIpc) is 3.22. The number of nitrogens with one attached hydrogen (secondary N) is 2. The van der Waals surface area contributed by atoms with E-state index in [9.17, 15) is 18.8 Å². The van der Waals surface area contributed by atoms with E-state index in [1.165, 1.54) is 12.1 Å². The van der Waals surface area contributed by atoms with E-state index in [4.69, 9.17) is 18.0 Å². The third kappa shape index (κ3) is 3.37. The van der Waals surface area contributed by atoms with Crippen molar-refractivity contribution in [3.8, 4) is 12.3 Å². The molecule has 6 nitrogen and oxygen atoms in total. The van der Waals surface area contributed by atoms with E-state index in [1.54, 1.807) is 11.5 Å². The SMILES string of the molecule is C#CC1(NC(=O)C(=O)c2c(C)c(C(=O)Nc3ccc(F)c(Cl)c3)n3c2CCC3)CC1. The number of carbonyl (C=O) groups excluding carboxylic acids is 3. The summed E-state index contributed by atoms with van der Waals surface area (Å²) in [4.78, 5) is 38.4. The molecule has 2 aromatic rings. The molecule has 1 aromatic heterocycles. The minimum Gasteiger partial charge on any atom is -0.340 e. The Kier molecular flexibility index (Phi) is 4.91. The number of fused-ring (bicyclic) bond motifs is 1. The van der Waals surface area contributed by atoms with E-state index in [2.05, 4.69) is 16.6 Å². The lowest BCUT2D eigenvalue weighted by molar-refractivity contribution is -0.117. The Morgan fingerprint density at radius 3 is 2.67 bits per heavy atom. The van der Waals surface area contributed by atoms with Crippen LogP contribution >= 0.6 is 11.6 Å². The maximum Gasteiger partial charge on any atom is 0.293 e. The molecule has 1 aliphatic carbocycles. The molecule has 1 saturated carbocycles. The Morgan fingerprint density at radius 1 is 1.30 bits per heavy atom. The van der Waals surface area contributed by atoms with Crippen molar-refractivity contribution in [1.29, 1.82) is 0 Å². The van der Waals surface area contributed by atoms with Crippen LogP contribution < -0.4 is 10.6 Å². The molecule has 2 amide bonds. The summed E-state index contributed by atoms with van der Waals surface area (Å²) in [5, 5.41) is 5.21. The summed E-state index contributed by atoms with van der Waals surface area (Å²) < 4.78 is 15.2. The predicted molar refractivity (Wildman–Crippen MR) is 110 cm³/mol. The van der Waals surface area contributed by atoms with Crippen LogP contribution in [0.25, 0.3) is 0 Å². The van der Waals surface area contributed by atoms with Crippen molar-refractivity contribution in [2.75, 3.05) is 5.32 Å². The number of halogens is 2. The van der Waals surface area contributed by atoms with E-state index >= 15 is 0 Å². The van der Waals surface area contributed by atoms with Crippen LogP contribution in [0.5, 0.6) is 0 Å². The van der Waals surface area contributed by atoms with Crippen molar-refractivity contribution < 1.29 is 18.8 Å². The topological polar surface area (TPSA) is 80.2 Å². The quantitative estimate of drug-likeness (QED) is 0.436. The molecule has 0 saturated heterocycles. The molecule has 0 spiro atoms. The maximum absolute atomic E-state index is 13.4. The number of ketones is 1. The van der Waals surface area contributed by atoms with Crippen LogP contribution in [0.4, 0.5) is 10.1 Å². The van der Waals surface area contributed by atoms with Gasteiger partial charge in [0.1, 0.15) is 17.1 Å². The monoisotopic (exact) mass is 427 g/mol. The number of aromatic nitrogens is 1. The van der Waals surface area contributed by atoms with Gasteiger partial charge in [0.25, 0.3) is 17.6 Å². The van der Waals surface area contributed by atoms with E-state index in [1.807, 2.05) is 0 Å². The summed E-state index contributed by atoms with van der Waals surface area (Å²) in [6, 6.07) is 3.87. The normalized spacial score (nSPS) is 15.8. The highest BCUT2D eigenvalue weighted by Crippen LogP contribution is 2.35. The van der Waals surface area contributed by atoms with Gasteiger partial charge in [-0.3, -0.25) is 14.4 Å². The number of amides is 2. The molecule has 0 atom stereocenters. The standard InChI is InChI=1S/C22H19ClFN3O3/c1-3-22(8-9-22)26-21(30)19(28)17-12(2)18(27-10-4-5-16(17)27)20(29)25-13-6-7-15(24)14(23)11-13/h1,6-7,11H,4-5,8-10H2,2H3,(H,25,29)(H,26,30). The molecular weight excluding hydrogens is 409 g/mol. The molecule has 2 heterocycles. The number of terminal acetylenes is 1. The molecule has 1 aromatic carbocycles. The molecule has 8 heteroatoms. The molecule has 154 valence electrons. The average molecular weight is 428 g/mol. The van der Waals surface area contributed by atoms with Gasteiger partial charge in [-0.05, 0) is 56.4 Å². The Morgan fingerprint density at radius 2 is 2.03 bits per heavy atom. The van der Waals surface area contributed by atoms with Crippen molar-refractivity contribution in [3.63, 3.8) is 0 Å². The van der Waals surface area contributed by atoms with Gasteiger partial charge in [0, 0.05) is 17.9 Å². The first-order valence-electron chi connectivity index (χ1n) is 9.59. The van der Waals surface area contributed by atoms with Gasteiger partial charge in [-0.2, -0.15) is 0 Å². The van der Waals surface area contributed by atoms with E-state index in [0.29, 0.717) is 48.4 Å². The number of hydrogen-bond acceptors (Lipinski definition) is 3. The van der Waals surface area contributed by atoms with Gasteiger partial charge in [0.2, 0.25) is 0 Å². The third-order valence-corrected chi connectivity index (χ3v) is 5.90. The van der Waals surface area contributed by atoms with Gasteiger partial charge in [-0.25, -0.2) is 4.39 Å². The first kappa shape index (κ1) is 20.2. The summed E-state index contributed by atoms with van der Waals surface area (Å²) in [6.07, 6.45) is 8.08. The molecule has 0 radical (unpaired) electrons. The number of rotatable bonds is 5. The van der Waals surface area contributed by atoms with Crippen molar-refractivity contribution in [2.24, 2.45) is 0 Å². The number of carbonyl (C=O) groups is 3. The van der Waals surface area contributed by atoms with E-state index < -0.39 is 29.0 Å². The Hall–Kier alpha value is -3.11. The van der Waals surface area contributed by atoms with Crippen LogP contribution in [0, 0.1) is 25.1 Å². The van der Waals surface area contributed by atoms with E-state index in [-0.39, 0.29) is 10.6 Å². The highest BCUT2D eigenvalue weighted by molar-refractivity contribution is 6.44. The van der Waals surface area contributed by atoms with Gasteiger partial charge in [-0.15, -0.1) is 6.42 Å². The minimum absolute atomic E-state index is 0.111. The lowest BCUT2D eigenvalue weighted by atomic mass is 10.0. The molecule has 0 unspecified atom stereocenters. The molecule has 1 fully saturated rings. The second-order valence-corrected chi connectivity index (χ2v) is 8.05. The van der Waals surface area contributed by atoms with Gasteiger partial charge >= 0.3 is 0 Å². The fraction of sp³-hybridized carbons (Fsp3) is 0.318. The summed E-state index contributed by atoms with van der Waals surface area (Å²) in [7, 11) is 0. The van der Waals surface area contributed by atoms with Crippen molar-refractivity contribution in [3.05, 3.63) is 51.6 Å². The van der Waals surface area contributed by atoms with Gasteiger partial charge in [0.05, 0.1) is 10.6 Å². The van der Waals surface area contributed by atoms with Crippen LogP contribution in [0.1, 0.15) is 51.4 Å². The molecule has 30 heavy (non-hydrogen) atoms. The Balaban J connectivity index is 1.64. The molecular formula is C22H19ClFN3O3. The van der Waals surface area contributed by atoms with Crippen molar-refractivity contribution >= 4 is 34.9 Å². The highest BCUT2D eigenvalue weighted by Gasteiger charge is 2.44. The molecule has 1 aliphatic heterocycles. The van der Waals surface area contributed by atoms with Crippen LogP contribution in [0.2, 0.25) is 5.02 Å². The second kappa shape index (κ2) is 7.29. The predicted octanol–water partition coefficient (Wildman–Crippen LogP) is 3.25. The number of hydrogen-bond donors (Lipinski definition) is 2. The van der Waals surface area contributed by atoms with E-state index in [0.717, 1.165) is 12.5 Å². The number of benzene rings is 1. The molecule has 2 N–H and O–H groups in total. The molecule has 2 aliphatic rings. The zero-order valence-corrected chi connectivity index (χ0v) is 17.0. The highest BCUT2D eigenvalue weighted by atomic mass is 35.5.